The van der Waals surface area contributed by atoms with Crippen molar-refractivity contribution in [1.82, 2.24) is 9.80 Å². The summed E-state index contributed by atoms with van der Waals surface area (Å²) in [6.07, 6.45) is 0. The van der Waals surface area contributed by atoms with Crippen molar-refractivity contribution in [2.45, 2.75) is 21.9 Å². The van der Waals surface area contributed by atoms with E-state index in [0.29, 0.717) is 22.9 Å². The van der Waals surface area contributed by atoms with Crippen molar-refractivity contribution < 1.29 is 19.8 Å². The SMILES string of the molecule is O=C(c1ccccc1SSc1ccccc1C(=O)N1CSC[C@H]1CO)N1CSC[C@H]1CO. The van der Waals surface area contributed by atoms with Gasteiger partial charge in [0.25, 0.3) is 11.8 Å². The lowest BCUT2D eigenvalue weighted by Crippen LogP contribution is -2.39. The lowest BCUT2D eigenvalue weighted by molar-refractivity contribution is 0.0682. The first kappa shape index (κ1) is 23.8. The summed E-state index contributed by atoms with van der Waals surface area (Å²) in [6, 6.07) is 14.6. The summed E-state index contributed by atoms with van der Waals surface area (Å²) >= 11 is 3.29. The monoisotopic (exact) mass is 508 g/mol. The van der Waals surface area contributed by atoms with Crippen molar-refractivity contribution in [1.29, 1.82) is 0 Å². The van der Waals surface area contributed by atoms with Gasteiger partial charge >= 0.3 is 0 Å². The second-order valence-corrected chi connectivity index (χ2v) is 11.6. The summed E-state index contributed by atoms with van der Waals surface area (Å²) in [5.74, 6) is 2.47. The van der Waals surface area contributed by atoms with E-state index in [0.717, 1.165) is 21.3 Å². The highest BCUT2D eigenvalue weighted by atomic mass is 33.1. The van der Waals surface area contributed by atoms with Gasteiger partial charge in [-0.05, 0) is 24.3 Å². The van der Waals surface area contributed by atoms with Gasteiger partial charge in [0.2, 0.25) is 0 Å². The molecule has 32 heavy (non-hydrogen) atoms. The zero-order valence-corrected chi connectivity index (χ0v) is 20.5. The molecule has 0 aliphatic carbocycles. The van der Waals surface area contributed by atoms with Crippen LogP contribution in [-0.4, -0.2) is 80.4 Å². The molecule has 4 rings (SSSR count). The normalized spacial score (nSPS) is 20.7. The smallest absolute Gasteiger partial charge is 0.256 e. The van der Waals surface area contributed by atoms with E-state index in [-0.39, 0.29) is 37.1 Å². The van der Waals surface area contributed by atoms with Crippen LogP contribution in [0.15, 0.2) is 58.3 Å². The van der Waals surface area contributed by atoms with Gasteiger partial charge in [-0.15, -0.1) is 23.5 Å². The minimum Gasteiger partial charge on any atom is -0.394 e. The molecule has 0 unspecified atom stereocenters. The number of carbonyl (C=O) groups excluding carboxylic acids is 2. The number of hydrogen-bond acceptors (Lipinski definition) is 8. The fourth-order valence-corrected chi connectivity index (χ4v) is 8.27. The summed E-state index contributed by atoms with van der Waals surface area (Å²) < 4.78 is 0. The zero-order valence-electron chi connectivity index (χ0n) is 17.3. The fraction of sp³-hybridized carbons (Fsp3) is 0.364. The predicted octanol–water partition coefficient (Wildman–Crippen LogP) is 3.50. The molecule has 0 aromatic heterocycles. The summed E-state index contributed by atoms with van der Waals surface area (Å²) in [7, 11) is 2.90. The Labute approximate surface area is 203 Å². The number of thioether (sulfide) groups is 2. The van der Waals surface area contributed by atoms with Crippen LogP contribution in [-0.2, 0) is 0 Å². The number of amides is 2. The van der Waals surface area contributed by atoms with Crippen LogP contribution in [0, 0.1) is 0 Å². The minimum atomic E-state index is -0.158. The van der Waals surface area contributed by atoms with Gasteiger partial charge < -0.3 is 20.0 Å². The Kier molecular flexibility index (Phi) is 8.36. The molecule has 2 fully saturated rings. The Morgan fingerprint density at radius 2 is 1.19 bits per heavy atom. The molecule has 170 valence electrons. The van der Waals surface area contributed by atoms with Gasteiger partial charge in [0.15, 0.2) is 0 Å². The van der Waals surface area contributed by atoms with Gasteiger partial charge in [0.05, 0.1) is 48.2 Å². The third kappa shape index (κ3) is 5.10. The molecule has 2 N–H and O–H groups in total. The largest absolute Gasteiger partial charge is 0.394 e. The summed E-state index contributed by atoms with van der Waals surface area (Å²) in [6.45, 7) is -0.0796. The van der Waals surface area contributed by atoms with E-state index < -0.39 is 0 Å². The first-order valence-corrected chi connectivity index (χ1v) is 14.6. The molecule has 2 saturated heterocycles. The molecule has 2 atom stereocenters. The van der Waals surface area contributed by atoms with Gasteiger partial charge in [0.1, 0.15) is 0 Å². The molecule has 0 bridgehead atoms. The lowest BCUT2D eigenvalue weighted by atomic mass is 10.2. The van der Waals surface area contributed by atoms with E-state index in [9.17, 15) is 19.8 Å². The lowest BCUT2D eigenvalue weighted by Gasteiger charge is -2.23. The van der Waals surface area contributed by atoms with Gasteiger partial charge in [-0.25, -0.2) is 0 Å². The van der Waals surface area contributed by atoms with Gasteiger partial charge in [-0.1, -0.05) is 45.9 Å². The Morgan fingerprint density at radius 1 is 0.781 bits per heavy atom. The van der Waals surface area contributed by atoms with Crippen molar-refractivity contribution in [2.24, 2.45) is 0 Å². The van der Waals surface area contributed by atoms with Crippen molar-refractivity contribution in [3.05, 3.63) is 59.7 Å². The number of aliphatic hydroxyl groups excluding tert-OH is 2. The fourth-order valence-electron chi connectivity index (χ4n) is 3.55. The van der Waals surface area contributed by atoms with E-state index >= 15 is 0 Å². The number of nitrogens with zero attached hydrogens (tertiary/aromatic N) is 2. The van der Waals surface area contributed by atoms with E-state index in [1.807, 2.05) is 48.5 Å². The van der Waals surface area contributed by atoms with E-state index in [2.05, 4.69) is 0 Å². The topological polar surface area (TPSA) is 81.1 Å². The second kappa shape index (κ2) is 11.2. The molecular formula is C22H24N2O4S4. The first-order valence-electron chi connectivity index (χ1n) is 10.2. The van der Waals surface area contributed by atoms with E-state index in [1.54, 1.807) is 33.3 Å². The molecule has 2 heterocycles. The molecule has 0 radical (unpaired) electrons. The van der Waals surface area contributed by atoms with Crippen LogP contribution in [0.25, 0.3) is 0 Å². The molecule has 2 aromatic carbocycles. The van der Waals surface area contributed by atoms with Crippen LogP contribution in [0.4, 0.5) is 0 Å². The number of hydrogen-bond donors (Lipinski definition) is 2. The molecule has 0 spiro atoms. The second-order valence-electron chi connectivity index (χ2n) is 7.38. The van der Waals surface area contributed by atoms with Crippen molar-refractivity contribution in [2.75, 3.05) is 36.5 Å². The van der Waals surface area contributed by atoms with Crippen LogP contribution >= 0.6 is 45.1 Å². The van der Waals surface area contributed by atoms with Crippen LogP contribution in [0.3, 0.4) is 0 Å². The van der Waals surface area contributed by atoms with Crippen molar-refractivity contribution >= 4 is 56.9 Å². The Morgan fingerprint density at radius 3 is 1.59 bits per heavy atom. The Balaban J connectivity index is 1.52. The standard InChI is InChI=1S/C22H24N2O4S4/c25-9-15-11-29-13-23(15)21(27)17-5-1-3-7-19(17)31-32-20-8-4-2-6-18(20)22(28)24-14-30-12-16(24)10-26/h1-8,15-16,25-26H,9-14H2/t15-,16-/m1/s1. The van der Waals surface area contributed by atoms with Crippen LogP contribution in [0.1, 0.15) is 20.7 Å². The molecular weight excluding hydrogens is 485 g/mol. The van der Waals surface area contributed by atoms with Crippen molar-refractivity contribution in [3.8, 4) is 0 Å². The number of rotatable bonds is 7. The maximum atomic E-state index is 13.2. The summed E-state index contributed by atoms with van der Waals surface area (Å²) in [5, 5.41) is 19.2. The maximum Gasteiger partial charge on any atom is 0.256 e. The third-order valence-corrected chi connectivity index (χ3v) is 10.0. The Hall–Kier alpha value is -1.30. The number of benzene rings is 2. The summed E-state index contributed by atoms with van der Waals surface area (Å²) in [4.78, 5) is 31.4. The average molecular weight is 509 g/mol. The number of carbonyl (C=O) groups is 2. The van der Waals surface area contributed by atoms with E-state index in [1.165, 1.54) is 21.6 Å². The molecule has 0 saturated carbocycles. The highest BCUT2D eigenvalue weighted by Crippen LogP contribution is 2.41. The quantitative estimate of drug-likeness (QED) is 0.550. The average Bonchev–Trinajstić information content (AvgIpc) is 3.51. The van der Waals surface area contributed by atoms with Crippen LogP contribution < -0.4 is 0 Å². The molecule has 2 aromatic rings. The Bertz CT molecular complexity index is 899. The molecule has 6 nitrogen and oxygen atoms in total. The molecule has 2 amide bonds. The molecule has 2 aliphatic heterocycles. The van der Waals surface area contributed by atoms with Gasteiger partial charge in [-0.2, -0.15) is 0 Å². The number of aliphatic hydroxyl groups is 2. The highest BCUT2D eigenvalue weighted by Gasteiger charge is 2.32. The molecule has 2 aliphatic rings. The molecule has 10 heteroatoms. The first-order chi connectivity index (χ1) is 15.6. The van der Waals surface area contributed by atoms with Gasteiger partial charge in [-0.3, -0.25) is 9.59 Å². The van der Waals surface area contributed by atoms with Gasteiger partial charge in [0, 0.05) is 21.3 Å². The maximum absolute atomic E-state index is 13.2. The predicted molar refractivity (Wildman–Crippen MR) is 133 cm³/mol. The zero-order chi connectivity index (χ0) is 22.5. The van der Waals surface area contributed by atoms with E-state index in [4.69, 9.17) is 0 Å². The van der Waals surface area contributed by atoms with Crippen LogP contribution in [0.2, 0.25) is 0 Å². The minimum absolute atomic E-state index is 0.0398. The highest BCUT2D eigenvalue weighted by molar-refractivity contribution is 8.76. The third-order valence-electron chi connectivity index (χ3n) is 5.36. The van der Waals surface area contributed by atoms with Crippen molar-refractivity contribution in [3.63, 3.8) is 0 Å². The summed E-state index contributed by atoms with van der Waals surface area (Å²) in [5.41, 5.74) is 1.21. The van der Waals surface area contributed by atoms with Crippen LogP contribution in [0.5, 0.6) is 0 Å².